The predicted molar refractivity (Wildman–Crippen MR) is 70.0 cm³/mol. The van der Waals surface area contributed by atoms with E-state index < -0.39 is 17.0 Å². The Labute approximate surface area is 116 Å². The fourth-order valence-electron chi connectivity index (χ4n) is 1.53. The van der Waals surface area contributed by atoms with Gasteiger partial charge >= 0.3 is 5.69 Å². The van der Waals surface area contributed by atoms with Gasteiger partial charge in [0, 0.05) is 24.8 Å². The molecule has 0 atom stereocenters. The van der Waals surface area contributed by atoms with E-state index in [1.807, 2.05) is 0 Å². The van der Waals surface area contributed by atoms with Gasteiger partial charge in [-0.3, -0.25) is 18.7 Å². The molecule has 0 aromatic carbocycles. The van der Waals surface area contributed by atoms with Crippen LogP contribution in [0.3, 0.4) is 0 Å². The number of carbonyl (C=O) groups excluding carboxylic acids is 1. The Morgan fingerprint density at radius 1 is 1.47 bits per heavy atom. The normalized spacial score (nSPS) is 10.7. The van der Waals surface area contributed by atoms with Gasteiger partial charge in [-0.2, -0.15) is 0 Å². The van der Waals surface area contributed by atoms with Crippen molar-refractivity contribution < 1.29 is 4.79 Å². The summed E-state index contributed by atoms with van der Waals surface area (Å²) in [7, 11) is 1.31. The van der Waals surface area contributed by atoms with Gasteiger partial charge in [0.15, 0.2) is 5.78 Å². The lowest BCUT2D eigenvalue weighted by Crippen LogP contribution is -2.40. The summed E-state index contributed by atoms with van der Waals surface area (Å²) < 4.78 is 6.11. The van der Waals surface area contributed by atoms with E-state index in [1.165, 1.54) is 24.7 Å². The molecule has 0 radical (unpaired) electrons. The molecule has 0 amide bonds. The van der Waals surface area contributed by atoms with E-state index in [9.17, 15) is 14.4 Å². The molecule has 2 aromatic heterocycles. The Hall–Kier alpha value is -1.80. The molecule has 0 bridgehead atoms. The highest BCUT2D eigenvalue weighted by Gasteiger charge is 2.14. The average molecular weight is 301 g/mol. The van der Waals surface area contributed by atoms with Crippen LogP contribution < -0.4 is 11.2 Å². The minimum atomic E-state index is -0.615. The number of hydrogen-bond acceptors (Lipinski definition) is 6. The third-order valence-electron chi connectivity index (χ3n) is 2.56. The van der Waals surface area contributed by atoms with Gasteiger partial charge in [-0.25, -0.2) is 4.79 Å². The minimum Gasteiger partial charge on any atom is -0.294 e. The quantitative estimate of drug-likeness (QED) is 0.761. The molecule has 2 aromatic rings. The monoisotopic (exact) mass is 300 g/mol. The van der Waals surface area contributed by atoms with Crippen molar-refractivity contribution >= 4 is 28.9 Å². The summed E-state index contributed by atoms with van der Waals surface area (Å²) in [6, 6.07) is 0. The first-order valence-corrected chi connectivity index (χ1v) is 6.35. The molecule has 0 spiro atoms. The molecular formula is C10H9ClN4O3S. The van der Waals surface area contributed by atoms with E-state index in [0.717, 1.165) is 16.1 Å². The lowest BCUT2D eigenvalue weighted by atomic mass is 10.2. The number of hydrogen-bond donors (Lipinski definition) is 0. The molecule has 0 unspecified atom stereocenters. The first-order valence-electron chi connectivity index (χ1n) is 5.20. The maximum absolute atomic E-state index is 11.9. The smallest absolute Gasteiger partial charge is 0.294 e. The van der Waals surface area contributed by atoms with Crippen LogP contribution in [-0.4, -0.2) is 24.5 Å². The van der Waals surface area contributed by atoms with Crippen LogP contribution in [0, 0.1) is 0 Å². The highest BCUT2D eigenvalue weighted by Crippen LogP contribution is 2.17. The van der Waals surface area contributed by atoms with Crippen LogP contribution in [-0.2, 0) is 13.6 Å². The topological polar surface area (TPSA) is 86.8 Å². The average Bonchev–Trinajstić information content (AvgIpc) is 2.75. The van der Waals surface area contributed by atoms with E-state index >= 15 is 0 Å². The lowest BCUT2D eigenvalue weighted by Gasteiger charge is -2.07. The summed E-state index contributed by atoms with van der Waals surface area (Å²) in [4.78, 5) is 35.0. The molecule has 9 heteroatoms. The molecule has 0 N–H and O–H groups in total. The summed E-state index contributed by atoms with van der Waals surface area (Å²) in [5.41, 5.74) is -0.793. The Morgan fingerprint density at radius 3 is 2.68 bits per heavy atom. The summed E-state index contributed by atoms with van der Waals surface area (Å²) in [6.45, 7) is 1.32. The maximum atomic E-state index is 11.9. The maximum Gasteiger partial charge on any atom is 0.331 e. The third-order valence-corrected chi connectivity index (χ3v) is 3.55. The first-order chi connectivity index (χ1) is 8.91. The van der Waals surface area contributed by atoms with Gasteiger partial charge in [-0.1, -0.05) is 16.1 Å². The number of carbonyl (C=O) groups is 1. The minimum absolute atomic E-state index is 0.0542. The van der Waals surface area contributed by atoms with Gasteiger partial charge in [0.05, 0.1) is 12.1 Å². The second kappa shape index (κ2) is 5.06. The zero-order valence-corrected chi connectivity index (χ0v) is 11.7. The van der Waals surface area contributed by atoms with Crippen LogP contribution in [0.4, 0.5) is 0 Å². The van der Waals surface area contributed by atoms with Gasteiger partial charge in [0.25, 0.3) is 5.56 Å². The molecule has 100 valence electrons. The number of ketones is 1. The van der Waals surface area contributed by atoms with Gasteiger partial charge < -0.3 is 0 Å². The van der Waals surface area contributed by atoms with Crippen LogP contribution in [0.2, 0.25) is 4.34 Å². The molecule has 2 heterocycles. The van der Waals surface area contributed by atoms with Crippen molar-refractivity contribution in [1.29, 1.82) is 0 Å². The van der Waals surface area contributed by atoms with Gasteiger partial charge in [-0.05, 0) is 6.92 Å². The number of halogens is 1. The second-order valence-corrected chi connectivity index (χ2v) is 5.22. The third kappa shape index (κ3) is 2.49. The van der Waals surface area contributed by atoms with Crippen molar-refractivity contribution in [2.75, 3.05) is 0 Å². The van der Waals surface area contributed by atoms with Crippen molar-refractivity contribution in [2.24, 2.45) is 7.05 Å². The standard InChI is InChI=1S/C10H9ClN4O3S/c1-5(16)6-3-15(10(18)14(2)9(6)17)4-7-8(11)19-13-12-7/h3H,4H2,1-2H3. The molecular weight excluding hydrogens is 292 g/mol. The number of Topliss-reactive ketones (excluding diaryl/α,β-unsaturated/α-hetero) is 1. The molecule has 7 nitrogen and oxygen atoms in total. The number of nitrogens with zero attached hydrogens (tertiary/aromatic N) is 4. The van der Waals surface area contributed by atoms with E-state index in [0.29, 0.717) is 10.0 Å². The molecule has 0 fully saturated rings. The molecule has 0 saturated carbocycles. The molecule has 0 saturated heterocycles. The summed E-state index contributed by atoms with van der Waals surface area (Å²) in [6.07, 6.45) is 1.22. The molecule has 2 rings (SSSR count). The van der Waals surface area contributed by atoms with Crippen molar-refractivity contribution in [3.8, 4) is 0 Å². The largest absolute Gasteiger partial charge is 0.331 e. The Bertz CT molecular complexity index is 761. The van der Waals surface area contributed by atoms with Crippen LogP contribution in [0.25, 0.3) is 0 Å². The van der Waals surface area contributed by atoms with Crippen LogP contribution in [0.5, 0.6) is 0 Å². The van der Waals surface area contributed by atoms with E-state index in [1.54, 1.807) is 0 Å². The van der Waals surface area contributed by atoms with Gasteiger partial charge in [0.2, 0.25) is 0 Å². The number of rotatable bonds is 3. The van der Waals surface area contributed by atoms with Crippen molar-refractivity contribution in [1.82, 2.24) is 18.7 Å². The Balaban J connectivity index is 2.59. The highest BCUT2D eigenvalue weighted by atomic mass is 35.5. The zero-order chi connectivity index (χ0) is 14.2. The summed E-state index contributed by atoms with van der Waals surface area (Å²) >= 11 is 6.86. The zero-order valence-electron chi connectivity index (χ0n) is 10.1. The van der Waals surface area contributed by atoms with Crippen LogP contribution in [0.15, 0.2) is 15.8 Å². The Kier molecular flexibility index (Phi) is 3.63. The summed E-state index contributed by atoms with van der Waals surface area (Å²) in [5, 5.41) is 3.78. The predicted octanol–water partition coefficient (Wildman–Crippen LogP) is 0.303. The fourth-order valence-corrected chi connectivity index (χ4v) is 2.15. The second-order valence-electron chi connectivity index (χ2n) is 3.87. The first kappa shape index (κ1) is 13.6. The van der Waals surface area contributed by atoms with Crippen molar-refractivity contribution in [2.45, 2.75) is 13.5 Å². The Morgan fingerprint density at radius 2 is 2.16 bits per heavy atom. The SMILES string of the molecule is CC(=O)c1cn(Cc2nnsc2Cl)c(=O)n(C)c1=O. The number of aromatic nitrogens is 4. The highest BCUT2D eigenvalue weighted by molar-refractivity contribution is 7.10. The van der Waals surface area contributed by atoms with E-state index in [-0.39, 0.29) is 12.1 Å². The van der Waals surface area contributed by atoms with Crippen LogP contribution >= 0.6 is 23.1 Å². The van der Waals surface area contributed by atoms with E-state index in [4.69, 9.17) is 11.6 Å². The molecule has 0 aliphatic carbocycles. The lowest BCUT2D eigenvalue weighted by molar-refractivity contribution is 0.101. The molecule has 0 aliphatic rings. The summed E-state index contributed by atoms with van der Waals surface area (Å²) in [5.74, 6) is -0.406. The van der Waals surface area contributed by atoms with Gasteiger partial charge in [0.1, 0.15) is 10.0 Å². The molecule has 0 aliphatic heterocycles. The molecule has 19 heavy (non-hydrogen) atoms. The van der Waals surface area contributed by atoms with Gasteiger partial charge in [-0.15, -0.1) is 5.10 Å². The van der Waals surface area contributed by atoms with Crippen molar-refractivity contribution in [3.05, 3.63) is 42.6 Å². The van der Waals surface area contributed by atoms with E-state index in [2.05, 4.69) is 9.59 Å². The van der Waals surface area contributed by atoms with Crippen molar-refractivity contribution in [3.63, 3.8) is 0 Å². The van der Waals surface area contributed by atoms with Crippen LogP contribution in [0.1, 0.15) is 23.0 Å². The fraction of sp³-hybridized carbons (Fsp3) is 0.300.